The number of nitrogens with one attached hydrogen (secondary N) is 3. The van der Waals surface area contributed by atoms with Crippen molar-refractivity contribution >= 4 is 57.5 Å². The number of hydrogen-bond acceptors (Lipinski definition) is 16. The predicted octanol–water partition coefficient (Wildman–Crippen LogP) is 5.23. The third-order valence-corrected chi connectivity index (χ3v) is 13.8. The van der Waals surface area contributed by atoms with E-state index in [0.717, 1.165) is 18.4 Å². The van der Waals surface area contributed by atoms with E-state index >= 15 is 0 Å². The molecular formula is C52H79N7O16S. The zero-order valence-electron chi connectivity index (χ0n) is 46.4. The van der Waals surface area contributed by atoms with E-state index in [0.29, 0.717) is 31.4 Å². The number of methoxy groups -OCH3 is 2. The Labute approximate surface area is 446 Å². The smallest absolute Gasteiger partial charge is 0.444 e. The maximum Gasteiger partial charge on any atom is 0.519 e. The Morgan fingerprint density at radius 1 is 0.816 bits per heavy atom. The number of rotatable bonds is 25. The van der Waals surface area contributed by atoms with Crippen molar-refractivity contribution in [2.75, 3.05) is 41.1 Å². The number of likely N-dealkylation sites (tertiary alicyclic amines) is 1. The Hall–Kier alpha value is -6.40. The van der Waals surface area contributed by atoms with Crippen LogP contribution in [0.15, 0.2) is 48.5 Å². The molecule has 424 valence electrons. The summed E-state index contributed by atoms with van der Waals surface area (Å²) in [5, 5.41) is 16.5. The number of ether oxygens (including phenoxy) is 5. The SMILES string of the molecule is CC[C@H](C)[C@@H]([C@@H](CC(=O)N1CCC[C@H]1[C@H](OC)[C@@H](C)C(=O)N[C@@H](Cc1ccc(OC(=O)Oc2ccc([N+](=O)[O-])cc2)cc1)C(=O)NS(C)(=O)=O)OC)N(C)C(=O)C(NC(=O)[C@H](C(C)C)N(C)C(=O)OC(C)(C)C)C(C)C. The minimum Gasteiger partial charge on any atom is -0.444 e. The Kier molecular flexibility index (Phi) is 23.6. The van der Waals surface area contributed by atoms with Crippen LogP contribution in [0.3, 0.4) is 0 Å². The fraction of sp³-hybridized carbons (Fsp3) is 0.635. The molecule has 24 heteroatoms. The number of sulfonamides is 1. The molecular weight excluding hydrogens is 1010 g/mol. The first-order valence-electron chi connectivity index (χ1n) is 25.3. The van der Waals surface area contributed by atoms with Gasteiger partial charge in [-0.15, -0.1) is 0 Å². The standard InChI is InChI=1S/C52H79N7O16S/c1-16-32(6)44(56(11)49(64)42(30(2)3)54-48(63)43(31(4)5)57(12)50(65)75-52(8,9)10)40(71-13)29-41(60)58-27-17-18-39(58)45(72-14)33(7)46(61)53-38(47(62)55-76(15,69)70)28-34-19-23-36(24-20-34)73-51(66)74-37-25-21-35(22-26-37)59(67)68/h19-26,30-33,38-40,42-45H,16-18,27-29H2,1-15H3,(H,53,61)(H,54,63)(H,55,62)/t32-,33+,38-,39-,40+,42?,43-,44-,45+/m0/s1. The van der Waals surface area contributed by atoms with E-state index < -0.39 is 105 Å². The summed E-state index contributed by atoms with van der Waals surface area (Å²) >= 11 is 0. The average Bonchev–Trinajstić information content (AvgIpc) is 3.81. The van der Waals surface area contributed by atoms with Gasteiger partial charge in [0.05, 0.1) is 47.8 Å². The number of likely N-dealkylation sites (N-methyl/N-ethyl adjacent to an activating group) is 2. The highest BCUT2D eigenvalue weighted by Gasteiger charge is 2.44. The van der Waals surface area contributed by atoms with Gasteiger partial charge >= 0.3 is 12.2 Å². The first-order valence-corrected chi connectivity index (χ1v) is 27.2. The van der Waals surface area contributed by atoms with Crippen LogP contribution in [0.5, 0.6) is 11.5 Å². The minimum absolute atomic E-state index is 0.00548. The summed E-state index contributed by atoms with van der Waals surface area (Å²) in [6, 6.07) is 5.80. The third-order valence-electron chi connectivity index (χ3n) is 13.2. The van der Waals surface area contributed by atoms with Crippen molar-refractivity contribution in [2.45, 2.75) is 149 Å². The number of carbonyl (C=O) groups is 7. The van der Waals surface area contributed by atoms with E-state index in [2.05, 4.69) is 10.6 Å². The number of carbonyl (C=O) groups excluding carboxylic acids is 7. The van der Waals surface area contributed by atoms with Gasteiger partial charge in [0.15, 0.2) is 0 Å². The molecule has 0 bridgehead atoms. The summed E-state index contributed by atoms with van der Waals surface area (Å²) in [6.45, 7) is 18.1. The number of amides is 6. The van der Waals surface area contributed by atoms with E-state index in [1.165, 1.54) is 67.5 Å². The van der Waals surface area contributed by atoms with Crippen LogP contribution in [0.2, 0.25) is 0 Å². The fourth-order valence-electron chi connectivity index (χ4n) is 9.20. The average molecular weight is 1090 g/mol. The largest absolute Gasteiger partial charge is 0.519 e. The highest BCUT2D eigenvalue weighted by molar-refractivity contribution is 7.89. The molecule has 1 aliphatic heterocycles. The van der Waals surface area contributed by atoms with Crippen molar-refractivity contribution in [3.8, 4) is 11.5 Å². The number of nitro groups is 1. The third kappa shape index (κ3) is 18.4. The number of nitrogens with zero attached hydrogens (tertiary/aromatic N) is 4. The van der Waals surface area contributed by atoms with Crippen LogP contribution in [-0.2, 0) is 54.6 Å². The highest BCUT2D eigenvalue weighted by atomic mass is 32.2. The molecule has 0 saturated carbocycles. The van der Waals surface area contributed by atoms with Crippen LogP contribution in [0.4, 0.5) is 15.3 Å². The Balaban J connectivity index is 1.80. The molecule has 0 radical (unpaired) electrons. The highest BCUT2D eigenvalue weighted by Crippen LogP contribution is 2.30. The van der Waals surface area contributed by atoms with Crippen molar-refractivity contribution in [3.05, 3.63) is 64.2 Å². The van der Waals surface area contributed by atoms with Crippen LogP contribution in [0, 0.1) is 33.8 Å². The molecule has 2 aromatic carbocycles. The van der Waals surface area contributed by atoms with Gasteiger partial charge in [-0.1, -0.05) is 67.0 Å². The van der Waals surface area contributed by atoms with Gasteiger partial charge in [-0.3, -0.25) is 43.7 Å². The number of nitro benzene ring substituents is 1. The number of hydrogen-bond donors (Lipinski definition) is 3. The Morgan fingerprint density at radius 3 is 1.86 bits per heavy atom. The van der Waals surface area contributed by atoms with Gasteiger partial charge in [-0.05, 0) is 81.2 Å². The molecule has 6 amide bonds. The molecule has 9 atom stereocenters. The summed E-state index contributed by atoms with van der Waals surface area (Å²) < 4.78 is 54.1. The molecule has 1 saturated heterocycles. The Bertz CT molecular complexity index is 2450. The molecule has 0 spiro atoms. The van der Waals surface area contributed by atoms with Crippen LogP contribution in [0.25, 0.3) is 0 Å². The molecule has 1 fully saturated rings. The van der Waals surface area contributed by atoms with Crippen LogP contribution < -0.4 is 24.8 Å². The molecule has 0 aromatic heterocycles. The van der Waals surface area contributed by atoms with Crippen LogP contribution in [-0.4, -0.2) is 159 Å². The molecule has 1 aliphatic rings. The van der Waals surface area contributed by atoms with Crippen molar-refractivity contribution < 1.29 is 70.6 Å². The normalized spacial score (nSPS) is 17.0. The zero-order valence-corrected chi connectivity index (χ0v) is 47.3. The van der Waals surface area contributed by atoms with Crippen molar-refractivity contribution in [1.29, 1.82) is 0 Å². The fourth-order valence-corrected chi connectivity index (χ4v) is 9.70. The molecule has 1 unspecified atom stereocenters. The summed E-state index contributed by atoms with van der Waals surface area (Å²) in [7, 11) is 1.88. The second kappa shape index (κ2) is 28.1. The van der Waals surface area contributed by atoms with Crippen molar-refractivity contribution in [3.63, 3.8) is 0 Å². The topological polar surface area (TPSA) is 289 Å². The first kappa shape index (κ1) is 63.9. The quantitative estimate of drug-likeness (QED) is 0.0497. The lowest BCUT2D eigenvalue weighted by Gasteiger charge is -2.41. The first-order chi connectivity index (χ1) is 35.3. The number of non-ortho nitro benzene ring substituents is 1. The van der Waals surface area contributed by atoms with E-state index in [9.17, 15) is 52.1 Å². The number of benzene rings is 2. The van der Waals surface area contributed by atoms with Crippen LogP contribution in [0.1, 0.15) is 100 Å². The lowest BCUT2D eigenvalue weighted by molar-refractivity contribution is -0.384. The predicted molar refractivity (Wildman–Crippen MR) is 280 cm³/mol. The molecule has 3 rings (SSSR count). The maximum atomic E-state index is 14.6. The molecule has 76 heavy (non-hydrogen) atoms. The lowest BCUT2D eigenvalue weighted by atomic mass is 9.89. The van der Waals surface area contributed by atoms with E-state index in [-0.39, 0.29) is 53.7 Å². The molecule has 0 aliphatic carbocycles. The van der Waals surface area contributed by atoms with Crippen molar-refractivity contribution in [1.82, 2.24) is 30.1 Å². The van der Waals surface area contributed by atoms with E-state index in [1.807, 2.05) is 18.6 Å². The summed E-state index contributed by atoms with van der Waals surface area (Å²) in [6.07, 6.45) is -1.51. The summed E-state index contributed by atoms with van der Waals surface area (Å²) in [5.41, 5.74) is -0.581. The van der Waals surface area contributed by atoms with Crippen molar-refractivity contribution in [2.24, 2.45) is 23.7 Å². The second-order valence-electron chi connectivity index (χ2n) is 21.0. The van der Waals surface area contributed by atoms with Gasteiger partial charge in [0.25, 0.3) is 11.6 Å². The van der Waals surface area contributed by atoms with E-state index in [4.69, 9.17) is 23.7 Å². The Morgan fingerprint density at radius 2 is 1.38 bits per heavy atom. The summed E-state index contributed by atoms with van der Waals surface area (Å²) in [4.78, 5) is 111. The maximum absolute atomic E-state index is 14.6. The van der Waals surface area contributed by atoms with Gasteiger partial charge in [-0.2, -0.15) is 0 Å². The lowest BCUT2D eigenvalue weighted by Crippen LogP contribution is -2.60. The monoisotopic (exact) mass is 1090 g/mol. The molecule has 23 nitrogen and oxygen atoms in total. The molecule has 1 heterocycles. The second-order valence-corrected chi connectivity index (χ2v) is 22.7. The summed E-state index contributed by atoms with van der Waals surface area (Å²) in [5.74, 6) is -4.87. The van der Waals surface area contributed by atoms with Gasteiger partial charge < -0.3 is 44.1 Å². The van der Waals surface area contributed by atoms with Crippen LogP contribution >= 0.6 is 0 Å². The zero-order chi connectivity index (χ0) is 57.6. The van der Waals surface area contributed by atoms with E-state index in [1.54, 1.807) is 67.3 Å². The molecule has 3 N–H and O–H groups in total. The minimum atomic E-state index is -4.07. The van der Waals surface area contributed by atoms with Gasteiger partial charge in [0, 0.05) is 53.4 Å². The van der Waals surface area contributed by atoms with Gasteiger partial charge in [0.2, 0.25) is 33.7 Å². The molecule has 2 aromatic rings. The van der Waals surface area contributed by atoms with Gasteiger partial charge in [0.1, 0.15) is 35.2 Å². The van der Waals surface area contributed by atoms with Gasteiger partial charge in [-0.25, -0.2) is 18.0 Å².